The van der Waals surface area contributed by atoms with E-state index in [1.54, 1.807) is 7.05 Å². The second kappa shape index (κ2) is 5.92. The van der Waals surface area contributed by atoms with Crippen molar-refractivity contribution in [2.75, 3.05) is 0 Å². The first kappa shape index (κ1) is 15.9. The summed E-state index contributed by atoms with van der Waals surface area (Å²) in [5, 5.41) is 14.5. The molecule has 2 heterocycles. The lowest BCUT2D eigenvalue weighted by atomic mass is 10.1. The summed E-state index contributed by atoms with van der Waals surface area (Å²) in [5.41, 5.74) is 2.07. The van der Waals surface area contributed by atoms with Crippen LogP contribution >= 0.6 is 0 Å². The van der Waals surface area contributed by atoms with Crippen molar-refractivity contribution in [3.8, 4) is 17.1 Å². The summed E-state index contributed by atoms with van der Waals surface area (Å²) in [6.45, 7) is 3.47. The Labute approximate surface area is 138 Å². The van der Waals surface area contributed by atoms with Gasteiger partial charge in [0.25, 0.3) is 5.56 Å². The maximum absolute atomic E-state index is 12.4. The van der Waals surface area contributed by atoms with Crippen LogP contribution in [0.25, 0.3) is 22.4 Å². The molecule has 0 fully saturated rings. The van der Waals surface area contributed by atoms with E-state index in [0.29, 0.717) is 28.6 Å². The van der Waals surface area contributed by atoms with E-state index in [0.717, 1.165) is 12.1 Å². The molecule has 0 bridgehead atoms. The van der Waals surface area contributed by atoms with Gasteiger partial charge < -0.3 is 10.1 Å². The molecule has 0 amide bonds. The summed E-state index contributed by atoms with van der Waals surface area (Å²) in [5.74, 6) is 0.0367. The van der Waals surface area contributed by atoms with Crippen LogP contribution in [-0.4, -0.2) is 30.6 Å². The van der Waals surface area contributed by atoms with Crippen LogP contribution in [0.4, 0.5) is 0 Å². The lowest BCUT2D eigenvalue weighted by Crippen LogP contribution is -2.12. The molecule has 3 aromatic rings. The molecule has 1 aromatic carbocycles. The number of hydrogen-bond acceptors (Lipinski definition) is 5. The number of phenols is 1. The molecule has 0 saturated heterocycles. The highest BCUT2D eigenvalue weighted by Crippen LogP contribution is 2.28. The van der Waals surface area contributed by atoms with Gasteiger partial charge in [0.15, 0.2) is 11.3 Å². The second-order valence-electron chi connectivity index (χ2n) is 5.72. The zero-order valence-corrected chi connectivity index (χ0v) is 13.8. The highest BCUT2D eigenvalue weighted by molar-refractivity contribution is 5.95. The number of phenolic OH excluding ortho intramolecular Hbond substituents is 1. The molecule has 0 atom stereocenters. The van der Waals surface area contributed by atoms with Gasteiger partial charge in [-0.25, -0.2) is 4.98 Å². The van der Waals surface area contributed by atoms with Crippen molar-refractivity contribution in [2.24, 2.45) is 7.05 Å². The number of aromatic nitrogens is 4. The molecule has 0 aliphatic carbocycles. The first-order valence-electron chi connectivity index (χ1n) is 7.72. The Morgan fingerprint density at radius 1 is 1.38 bits per heavy atom. The van der Waals surface area contributed by atoms with E-state index >= 15 is 0 Å². The third-order valence-corrected chi connectivity index (χ3v) is 3.91. The average Bonchev–Trinajstić information content (AvgIpc) is 2.84. The van der Waals surface area contributed by atoms with Crippen molar-refractivity contribution >= 4 is 16.8 Å². The average molecular weight is 326 g/mol. The topological polar surface area (TPSA) is 101 Å². The first-order chi connectivity index (χ1) is 11.4. The molecular formula is C17H18N4O3. The van der Waals surface area contributed by atoms with Crippen molar-refractivity contribution in [2.45, 2.75) is 26.7 Å². The number of carbonyl (C=O) groups excluding carboxylic acids is 1. The Morgan fingerprint density at radius 3 is 2.79 bits per heavy atom. The van der Waals surface area contributed by atoms with Crippen LogP contribution in [0.15, 0.2) is 23.0 Å². The van der Waals surface area contributed by atoms with E-state index in [1.165, 1.54) is 29.8 Å². The van der Waals surface area contributed by atoms with Crippen LogP contribution < -0.4 is 5.56 Å². The summed E-state index contributed by atoms with van der Waals surface area (Å²) in [4.78, 5) is 31.2. The maximum Gasteiger partial charge on any atom is 0.277 e. The lowest BCUT2D eigenvalue weighted by Gasteiger charge is -2.06. The van der Waals surface area contributed by atoms with Crippen LogP contribution in [0.5, 0.6) is 5.75 Å². The van der Waals surface area contributed by atoms with E-state index < -0.39 is 0 Å². The van der Waals surface area contributed by atoms with Gasteiger partial charge in [-0.3, -0.25) is 14.3 Å². The fraction of sp³-hybridized carbons (Fsp3) is 0.294. The van der Waals surface area contributed by atoms with E-state index in [2.05, 4.69) is 15.1 Å². The number of ketones is 1. The number of Topliss-reactive ketones (excluding diaryl/α,β-unsaturated/α-hetero) is 1. The van der Waals surface area contributed by atoms with Gasteiger partial charge in [0.05, 0.1) is 11.3 Å². The Hall–Kier alpha value is -2.96. The Kier molecular flexibility index (Phi) is 3.92. The van der Waals surface area contributed by atoms with Gasteiger partial charge in [0.1, 0.15) is 17.1 Å². The van der Waals surface area contributed by atoms with Gasteiger partial charge in [-0.05, 0) is 31.5 Å². The number of carbonyl (C=O) groups is 1. The number of fused-ring (bicyclic) bond motifs is 1. The first-order valence-corrected chi connectivity index (χ1v) is 7.72. The smallest absolute Gasteiger partial charge is 0.277 e. The molecule has 0 spiro atoms. The molecule has 7 nitrogen and oxygen atoms in total. The van der Waals surface area contributed by atoms with Crippen molar-refractivity contribution in [3.05, 3.63) is 39.8 Å². The quantitative estimate of drug-likeness (QED) is 0.716. The summed E-state index contributed by atoms with van der Waals surface area (Å²) in [7, 11) is 1.70. The summed E-state index contributed by atoms with van der Waals surface area (Å²) in [6.07, 6.45) is 1.58. The normalized spacial score (nSPS) is 11.1. The largest absolute Gasteiger partial charge is 0.507 e. The summed E-state index contributed by atoms with van der Waals surface area (Å²) >= 11 is 0. The van der Waals surface area contributed by atoms with Gasteiger partial charge in [0.2, 0.25) is 0 Å². The van der Waals surface area contributed by atoms with E-state index in [1.807, 2.05) is 6.92 Å². The Balaban J connectivity index is 2.28. The molecule has 24 heavy (non-hydrogen) atoms. The highest BCUT2D eigenvalue weighted by Gasteiger charge is 2.17. The van der Waals surface area contributed by atoms with Crippen molar-refractivity contribution < 1.29 is 9.90 Å². The summed E-state index contributed by atoms with van der Waals surface area (Å²) in [6, 6.07) is 4.48. The third-order valence-electron chi connectivity index (χ3n) is 3.91. The van der Waals surface area contributed by atoms with E-state index in [4.69, 9.17) is 0 Å². The number of H-pyrrole nitrogens is 1. The van der Waals surface area contributed by atoms with Gasteiger partial charge in [0, 0.05) is 12.6 Å². The molecule has 2 N–H and O–H groups in total. The van der Waals surface area contributed by atoms with E-state index in [-0.39, 0.29) is 22.9 Å². The standard InChI is InChI=1S/C17H18N4O3/c1-4-5-12-14-15(21(3)20-12)17(24)19-16(18-14)11-8-10(9(2)22)6-7-13(11)23/h6-8,23H,4-5H2,1-3H3,(H,18,19,24). The number of aromatic hydroxyl groups is 1. The highest BCUT2D eigenvalue weighted by atomic mass is 16.3. The number of aryl methyl sites for hydroxylation is 2. The number of nitrogens with zero attached hydrogens (tertiary/aromatic N) is 3. The predicted octanol–water partition coefficient (Wildman–Crippen LogP) is 2.18. The molecule has 0 radical (unpaired) electrons. The Morgan fingerprint density at radius 2 is 2.12 bits per heavy atom. The zero-order valence-electron chi connectivity index (χ0n) is 13.8. The molecule has 124 valence electrons. The molecule has 7 heteroatoms. The van der Waals surface area contributed by atoms with E-state index in [9.17, 15) is 14.7 Å². The lowest BCUT2D eigenvalue weighted by molar-refractivity contribution is 0.101. The van der Waals surface area contributed by atoms with Crippen molar-refractivity contribution in [3.63, 3.8) is 0 Å². The molecular weight excluding hydrogens is 308 g/mol. The van der Waals surface area contributed by atoms with Crippen LogP contribution in [-0.2, 0) is 13.5 Å². The number of hydrogen-bond donors (Lipinski definition) is 2. The number of benzene rings is 1. The molecule has 0 saturated carbocycles. The van der Waals surface area contributed by atoms with Gasteiger partial charge in [-0.15, -0.1) is 0 Å². The van der Waals surface area contributed by atoms with Crippen LogP contribution in [0.3, 0.4) is 0 Å². The van der Waals surface area contributed by atoms with Crippen molar-refractivity contribution in [1.29, 1.82) is 0 Å². The fourth-order valence-corrected chi connectivity index (χ4v) is 2.72. The van der Waals surface area contributed by atoms with Crippen LogP contribution in [0.2, 0.25) is 0 Å². The molecule has 0 unspecified atom stereocenters. The number of rotatable bonds is 4. The Bertz CT molecular complexity index is 1000. The summed E-state index contributed by atoms with van der Waals surface area (Å²) < 4.78 is 1.52. The van der Waals surface area contributed by atoms with Crippen LogP contribution in [0, 0.1) is 0 Å². The molecule has 3 rings (SSSR count). The minimum atomic E-state index is -0.333. The SMILES string of the molecule is CCCc1nn(C)c2c(=O)[nH]c(-c3cc(C(C)=O)ccc3O)nc12. The molecule has 0 aliphatic heterocycles. The minimum absolute atomic E-state index is 0.0524. The van der Waals surface area contributed by atoms with Gasteiger partial charge >= 0.3 is 0 Å². The predicted molar refractivity (Wildman–Crippen MR) is 90.2 cm³/mol. The van der Waals surface area contributed by atoms with Gasteiger partial charge in [-0.1, -0.05) is 13.3 Å². The maximum atomic E-state index is 12.4. The van der Waals surface area contributed by atoms with Crippen molar-refractivity contribution in [1.82, 2.24) is 19.7 Å². The molecule has 2 aromatic heterocycles. The minimum Gasteiger partial charge on any atom is -0.507 e. The fourth-order valence-electron chi connectivity index (χ4n) is 2.72. The molecule has 0 aliphatic rings. The number of aromatic amines is 1. The zero-order chi connectivity index (χ0) is 17.4. The van der Waals surface area contributed by atoms with Gasteiger partial charge in [-0.2, -0.15) is 5.10 Å². The second-order valence-corrected chi connectivity index (χ2v) is 5.72. The third kappa shape index (κ3) is 2.58. The monoisotopic (exact) mass is 326 g/mol. The van der Waals surface area contributed by atoms with Crippen LogP contribution in [0.1, 0.15) is 36.3 Å². The number of nitrogens with one attached hydrogen (secondary N) is 1.